The highest BCUT2D eigenvalue weighted by Crippen LogP contribution is 2.34. The third kappa shape index (κ3) is 2.88. The molecule has 0 aliphatic carbocycles. The van der Waals surface area contributed by atoms with Gasteiger partial charge in [0, 0.05) is 51.4 Å². The van der Waals surface area contributed by atoms with E-state index in [2.05, 4.69) is 16.8 Å². The SMILES string of the molecule is CN1CCN(C2CN(S(=O)(=O)c3ccc4c(c3)OCCO4)C2)CC1. The van der Waals surface area contributed by atoms with Crippen molar-refractivity contribution in [3.05, 3.63) is 18.2 Å². The van der Waals surface area contributed by atoms with Gasteiger partial charge in [-0.15, -0.1) is 0 Å². The minimum atomic E-state index is -3.46. The van der Waals surface area contributed by atoms with Gasteiger partial charge in [-0.05, 0) is 19.2 Å². The van der Waals surface area contributed by atoms with Crippen molar-refractivity contribution >= 4 is 10.0 Å². The largest absolute Gasteiger partial charge is 0.486 e. The Morgan fingerprint density at radius 3 is 2.38 bits per heavy atom. The first-order valence-electron chi connectivity index (χ1n) is 8.36. The maximum absolute atomic E-state index is 12.8. The van der Waals surface area contributed by atoms with Gasteiger partial charge in [-0.1, -0.05) is 0 Å². The summed E-state index contributed by atoms with van der Waals surface area (Å²) in [5.41, 5.74) is 0. The number of rotatable bonds is 3. The molecule has 2 fully saturated rings. The van der Waals surface area contributed by atoms with Gasteiger partial charge in [-0.25, -0.2) is 8.42 Å². The van der Waals surface area contributed by atoms with Gasteiger partial charge in [-0.2, -0.15) is 4.31 Å². The number of hydrogen-bond donors (Lipinski definition) is 0. The fraction of sp³-hybridized carbons (Fsp3) is 0.625. The lowest BCUT2D eigenvalue weighted by atomic mass is 10.1. The summed E-state index contributed by atoms with van der Waals surface area (Å²) >= 11 is 0. The molecule has 0 aromatic heterocycles. The van der Waals surface area contributed by atoms with Crippen molar-refractivity contribution in [2.45, 2.75) is 10.9 Å². The second kappa shape index (κ2) is 6.18. The maximum atomic E-state index is 12.8. The predicted octanol–water partition coefficient (Wildman–Crippen LogP) is 0.0781. The Morgan fingerprint density at radius 1 is 1.00 bits per heavy atom. The van der Waals surface area contributed by atoms with Crippen LogP contribution in [-0.4, -0.2) is 88.1 Å². The molecule has 0 N–H and O–H groups in total. The van der Waals surface area contributed by atoms with Crippen molar-refractivity contribution in [3.8, 4) is 11.5 Å². The molecule has 132 valence electrons. The number of ether oxygens (including phenoxy) is 2. The van der Waals surface area contributed by atoms with Crippen LogP contribution >= 0.6 is 0 Å². The summed E-state index contributed by atoms with van der Waals surface area (Å²) in [6.45, 7) is 6.21. The van der Waals surface area contributed by atoms with Crippen LogP contribution in [0.2, 0.25) is 0 Å². The minimum absolute atomic E-state index is 0.281. The summed E-state index contributed by atoms with van der Waals surface area (Å²) in [7, 11) is -1.34. The third-order valence-corrected chi connectivity index (χ3v) is 6.86. The van der Waals surface area contributed by atoms with Crippen molar-refractivity contribution in [1.82, 2.24) is 14.1 Å². The highest BCUT2D eigenvalue weighted by atomic mass is 32.2. The van der Waals surface area contributed by atoms with E-state index in [0.717, 1.165) is 26.2 Å². The average Bonchev–Trinajstić information content (AvgIpc) is 2.54. The van der Waals surface area contributed by atoms with Gasteiger partial charge in [0.25, 0.3) is 0 Å². The highest BCUT2D eigenvalue weighted by molar-refractivity contribution is 7.89. The Balaban J connectivity index is 1.43. The summed E-state index contributed by atoms with van der Waals surface area (Å²) in [5.74, 6) is 1.12. The van der Waals surface area contributed by atoms with Crippen molar-refractivity contribution < 1.29 is 17.9 Å². The van der Waals surface area contributed by atoms with Gasteiger partial charge < -0.3 is 14.4 Å². The second-order valence-corrected chi connectivity index (χ2v) is 8.56. The molecule has 4 rings (SSSR count). The normalized spacial score (nSPS) is 23.9. The van der Waals surface area contributed by atoms with Crippen molar-refractivity contribution in [3.63, 3.8) is 0 Å². The van der Waals surface area contributed by atoms with Crippen molar-refractivity contribution in [2.75, 3.05) is 59.5 Å². The molecule has 24 heavy (non-hydrogen) atoms. The van der Waals surface area contributed by atoms with E-state index < -0.39 is 10.0 Å². The Hall–Kier alpha value is -1.35. The Morgan fingerprint density at radius 2 is 1.67 bits per heavy atom. The standard InChI is InChI=1S/C16H23N3O4S/c1-17-4-6-18(7-5-17)13-11-19(12-13)24(20,21)14-2-3-15-16(10-14)23-9-8-22-15/h2-3,10,13H,4-9,11-12H2,1H3. The van der Waals surface area contributed by atoms with Gasteiger partial charge in [0.15, 0.2) is 11.5 Å². The Labute approximate surface area is 142 Å². The van der Waals surface area contributed by atoms with E-state index >= 15 is 0 Å². The van der Waals surface area contributed by atoms with Crippen LogP contribution in [0.15, 0.2) is 23.1 Å². The van der Waals surface area contributed by atoms with E-state index in [1.807, 2.05) is 0 Å². The number of likely N-dealkylation sites (N-methyl/N-ethyl adjacent to an activating group) is 1. The van der Waals surface area contributed by atoms with E-state index in [1.54, 1.807) is 22.5 Å². The van der Waals surface area contributed by atoms with Gasteiger partial charge in [0.2, 0.25) is 10.0 Å². The lowest BCUT2D eigenvalue weighted by molar-refractivity contribution is 0.0484. The van der Waals surface area contributed by atoms with Crippen LogP contribution < -0.4 is 9.47 Å². The van der Waals surface area contributed by atoms with Gasteiger partial charge in [-0.3, -0.25) is 4.90 Å². The molecule has 0 amide bonds. The molecule has 2 saturated heterocycles. The first kappa shape index (κ1) is 16.1. The smallest absolute Gasteiger partial charge is 0.243 e. The minimum Gasteiger partial charge on any atom is -0.486 e. The van der Waals surface area contributed by atoms with Crippen LogP contribution in [0.5, 0.6) is 11.5 Å². The number of fused-ring (bicyclic) bond motifs is 1. The monoisotopic (exact) mass is 353 g/mol. The maximum Gasteiger partial charge on any atom is 0.243 e. The highest BCUT2D eigenvalue weighted by Gasteiger charge is 2.40. The number of sulfonamides is 1. The van der Waals surface area contributed by atoms with Crippen LogP contribution in [-0.2, 0) is 10.0 Å². The summed E-state index contributed by atoms with van der Waals surface area (Å²) in [6.07, 6.45) is 0. The quantitative estimate of drug-likeness (QED) is 0.767. The molecule has 0 radical (unpaired) electrons. The van der Waals surface area contributed by atoms with Crippen molar-refractivity contribution in [2.24, 2.45) is 0 Å². The molecule has 0 atom stereocenters. The zero-order valence-corrected chi connectivity index (χ0v) is 14.7. The number of benzene rings is 1. The molecule has 1 aromatic carbocycles. The zero-order chi connectivity index (χ0) is 16.7. The molecule has 7 nitrogen and oxygen atoms in total. The molecule has 0 saturated carbocycles. The third-order valence-electron chi connectivity index (χ3n) is 5.03. The molecule has 8 heteroatoms. The first-order chi connectivity index (χ1) is 11.5. The topological polar surface area (TPSA) is 62.3 Å². The van der Waals surface area contributed by atoms with Crippen LogP contribution in [0, 0.1) is 0 Å². The lowest BCUT2D eigenvalue weighted by Crippen LogP contribution is -2.63. The molecule has 3 aliphatic rings. The van der Waals surface area contributed by atoms with Gasteiger partial charge in [0.1, 0.15) is 13.2 Å². The molecule has 0 unspecified atom stereocenters. The van der Waals surface area contributed by atoms with Crippen LogP contribution in [0.3, 0.4) is 0 Å². The first-order valence-corrected chi connectivity index (χ1v) is 9.80. The van der Waals surface area contributed by atoms with E-state index in [-0.39, 0.29) is 4.90 Å². The number of nitrogens with zero attached hydrogens (tertiary/aromatic N) is 3. The van der Waals surface area contributed by atoms with E-state index in [9.17, 15) is 8.42 Å². The van der Waals surface area contributed by atoms with Crippen LogP contribution in [0.25, 0.3) is 0 Å². The van der Waals surface area contributed by atoms with Crippen molar-refractivity contribution in [1.29, 1.82) is 0 Å². The summed E-state index contributed by atoms with van der Waals surface area (Å²) in [5, 5.41) is 0. The Bertz CT molecular complexity index is 710. The van der Waals surface area contributed by atoms with E-state index in [1.165, 1.54) is 0 Å². The molecule has 3 aliphatic heterocycles. The van der Waals surface area contributed by atoms with E-state index in [0.29, 0.717) is 43.8 Å². The van der Waals surface area contributed by atoms with E-state index in [4.69, 9.17) is 9.47 Å². The second-order valence-electron chi connectivity index (χ2n) is 6.62. The van der Waals surface area contributed by atoms with Gasteiger partial charge >= 0.3 is 0 Å². The number of hydrogen-bond acceptors (Lipinski definition) is 6. The Kier molecular flexibility index (Phi) is 4.16. The molecular formula is C16H23N3O4S. The zero-order valence-electron chi connectivity index (χ0n) is 13.8. The summed E-state index contributed by atoms with van der Waals surface area (Å²) in [6, 6.07) is 5.20. The lowest BCUT2D eigenvalue weighted by Gasteiger charge is -2.46. The summed E-state index contributed by atoms with van der Waals surface area (Å²) < 4.78 is 38.1. The molecule has 3 heterocycles. The fourth-order valence-electron chi connectivity index (χ4n) is 3.36. The predicted molar refractivity (Wildman–Crippen MR) is 89.0 cm³/mol. The molecule has 0 bridgehead atoms. The summed E-state index contributed by atoms with van der Waals surface area (Å²) in [4.78, 5) is 4.98. The fourth-order valence-corrected chi connectivity index (χ4v) is 4.89. The molecular weight excluding hydrogens is 330 g/mol. The average molecular weight is 353 g/mol. The molecule has 0 spiro atoms. The number of piperazine rings is 1. The van der Waals surface area contributed by atoms with Gasteiger partial charge in [0.05, 0.1) is 4.90 Å². The molecule has 1 aromatic rings. The van der Waals surface area contributed by atoms with Crippen LogP contribution in [0.4, 0.5) is 0 Å². The van der Waals surface area contributed by atoms with Crippen LogP contribution in [0.1, 0.15) is 0 Å².